The summed E-state index contributed by atoms with van der Waals surface area (Å²) in [6.07, 6.45) is -3.03. The van der Waals surface area contributed by atoms with Gasteiger partial charge in [0.25, 0.3) is 0 Å². The lowest BCUT2D eigenvalue weighted by Gasteiger charge is -2.30. The summed E-state index contributed by atoms with van der Waals surface area (Å²) >= 11 is 0. The molecule has 118 valence electrons. The van der Waals surface area contributed by atoms with Crippen LogP contribution >= 0.6 is 0 Å². The van der Waals surface area contributed by atoms with E-state index in [9.17, 15) is 26.4 Å². The molecular weight excluding hydrogens is 309 g/mol. The summed E-state index contributed by atoms with van der Waals surface area (Å²) in [5.41, 5.74) is -0.431. The molecule has 0 atom stereocenters. The molecule has 0 aromatic carbocycles. The lowest BCUT2D eigenvalue weighted by Crippen LogP contribution is -2.40. The third kappa shape index (κ3) is 4.07. The van der Waals surface area contributed by atoms with Crippen LogP contribution < -0.4 is 10.3 Å². The number of halogens is 3. The molecule has 1 heterocycles. The number of aromatic nitrogens is 1. The molecule has 0 radical (unpaired) electrons. The van der Waals surface area contributed by atoms with Gasteiger partial charge in [0, 0.05) is 18.3 Å². The average Bonchev–Trinajstić information content (AvgIpc) is 2.38. The van der Waals surface area contributed by atoms with Crippen molar-refractivity contribution < 1.29 is 21.6 Å². The maximum atomic E-state index is 12.5. The van der Waals surface area contributed by atoms with E-state index in [1.54, 1.807) is 0 Å². The third-order valence-corrected chi connectivity index (χ3v) is 5.10. The van der Waals surface area contributed by atoms with Crippen LogP contribution in [0.15, 0.2) is 28.0 Å². The summed E-state index contributed by atoms with van der Waals surface area (Å²) in [4.78, 5) is 13.0. The number of hydrogen-bond donors (Lipinski definition) is 2. The van der Waals surface area contributed by atoms with Crippen LogP contribution in [0.4, 0.5) is 13.2 Å². The number of hydrogen-bond acceptors (Lipinski definition) is 3. The lowest BCUT2D eigenvalue weighted by atomic mass is 9.86. The maximum Gasteiger partial charge on any atom is 0.391 e. The zero-order valence-electron chi connectivity index (χ0n) is 11.0. The maximum absolute atomic E-state index is 12.5. The van der Waals surface area contributed by atoms with Crippen LogP contribution in [0.3, 0.4) is 0 Å². The SMILES string of the molecule is O=c1ccc(S(=O)(=O)NC2CCC(C(F)(F)F)CC2)c[nH]1. The van der Waals surface area contributed by atoms with E-state index in [0.717, 1.165) is 18.3 Å². The van der Waals surface area contributed by atoms with Crippen LogP contribution in [0, 0.1) is 5.92 Å². The second kappa shape index (κ2) is 5.80. The third-order valence-electron chi connectivity index (χ3n) is 3.58. The molecule has 0 spiro atoms. The molecule has 2 rings (SSSR count). The standard InChI is InChI=1S/C12H15F3N2O3S/c13-12(14,15)8-1-3-9(4-2-8)17-21(19,20)10-5-6-11(18)16-7-10/h5-9,17H,1-4H2,(H,16,18). The summed E-state index contributed by atoms with van der Waals surface area (Å²) in [6, 6.07) is 1.72. The van der Waals surface area contributed by atoms with E-state index in [0.29, 0.717) is 0 Å². The van der Waals surface area contributed by atoms with E-state index in [2.05, 4.69) is 9.71 Å². The van der Waals surface area contributed by atoms with Crippen LogP contribution in [0.5, 0.6) is 0 Å². The van der Waals surface area contributed by atoms with E-state index < -0.39 is 33.7 Å². The van der Waals surface area contributed by atoms with Crippen molar-refractivity contribution in [2.45, 2.75) is 42.8 Å². The monoisotopic (exact) mass is 324 g/mol. The molecule has 1 fully saturated rings. The van der Waals surface area contributed by atoms with Gasteiger partial charge in [0.2, 0.25) is 15.6 Å². The van der Waals surface area contributed by atoms with E-state index in [1.807, 2.05) is 0 Å². The zero-order valence-corrected chi connectivity index (χ0v) is 11.8. The van der Waals surface area contributed by atoms with Crippen LogP contribution in [0.2, 0.25) is 0 Å². The highest BCUT2D eigenvalue weighted by atomic mass is 32.2. The summed E-state index contributed by atoms with van der Waals surface area (Å²) < 4.78 is 64.1. The fraction of sp³-hybridized carbons (Fsp3) is 0.583. The minimum atomic E-state index is -4.22. The Balaban J connectivity index is 2.00. The van der Waals surface area contributed by atoms with Gasteiger partial charge in [-0.3, -0.25) is 4.79 Å². The van der Waals surface area contributed by atoms with Crippen molar-refractivity contribution in [2.75, 3.05) is 0 Å². The molecule has 1 aliphatic carbocycles. The van der Waals surface area contributed by atoms with Gasteiger partial charge in [0.05, 0.1) is 10.8 Å². The molecule has 1 aromatic rings. The predicted molar refractivity (Wildman–Crippen MR) is 69.2 cm³/mol. The van der Waals surface area contributed by atoms with Gasteiger partial charge in [0.15, 0.2) is 0 Å². The number of nitrogens with one attached hydrogen (secondary N) is 2. The fourth-order valence-corrected chi connectivity index (χ4v) is 3.66. The quantitative estimate of drug-likeness (QED) is 0.889. The first-order valence-corrected chi connectivity index (χ1v) is 7.94. The van der Waals surface area contributed by atoms with Crippen LogP contribution in [-0.2, 0) is 10.0 Å². The second-order valence-electron chi connectivity index (χ2n) is 5.10. The number of aromatic amines is 1. The van der Waals surface area contributed by atoms with Gasteiger partial charge in [-0.2, -0.15) is 13.2 Å². The zero-order chi connectivity index (χ0) is 15.7. The number of H-pyrrole nitrogens is 1. The van der Waals surface area contributed by atoms with Crippen molar-refractivity contribution >= 4 is 10.0 Å². The summed E-state index contributed by atoms with van der Waals surface area (Å²) in [5, 5.41) is 0. The molecule has 9 heteroatoms. The van der Waals surface area contributed by atoms with Crippen LogP contribution in [0.1, 0.15) is 25.7 Å². The first-order chi connectivity index (χ1) is 9.68. The van der Waals surface area contributed by atoms with Crippen molar-refractivity contribution in [3.63, 3.8) is 0 Å². The van der Waals surface area contributed by atoms with Gasteiger partial charge in [-0.05, 0) is 31.7 Å². The lowest BCUT2D eigenvalue weighted by molar-refractivity contribution is -0.182. The minimum Gasteiger partial charge on any atom is -0.328 e. The predicted octanol–water partition coefficient (Wildman–Crippen LogP) is 1.77. The van der Waals surface area contributed by atoms with Crippen molar-refractivity contribution in [2.24, 2.45) is 5.92 Å². The molecule has 21 heavy (non-hydrogen) atoms. The highest BCUT2D eigenvalue weighted by molar-refractivity contribution is 7.89. The first kappa shape index (κ1) is 16.0. The molecule has 1 aliphatic rings. The van der Waals surface area contributed by atoms with E-state index in [1.165, 1.54) is 0 Å². The smallest absolute Gasteiger partial charge is 0.328 e. The number of rotatable bonds is 3. The Morgan fingerprint density at radius 1 is 1.14 bits per heavy atom. The van der Waals surface area contributed by atoms with Gasteiger partial charge in [-0.25, -0.2) is 13.1 Å². The second-order valence-corrected chi connectivity index (χ2v) is 6.81. The number of pyridine rings is 1. The minimum absolute atomic E-state index is 0.0810. The normalized spacial score (nSPS) is 24.0. The van der Waals surface area contributed by atoms with Gasteiger partial charge >= 0.3 is 6.18 Å². The molecule has 0 aliphatic heterocycles. The average molecular weight is 324 g/mol. The van der Waals surface area contributed by atoms with E-state index >= 15 is 0 Å². The molecule has 0 amide bonds. The summed E-state index contributed by atoms with van der Waals surface area (Å²) in [7, 11) is -3.83. The molecule has 0 saturated heterocycles. The van der Waals surface area contributed by atoms with Crippen LogP contribution in [-0.4, -0.2) is 25.6 Å². The van der Waals surface area contributed by atoms with Gasteiger partial charge < -0.3 is 4.98 Å². The van der Waals surface area contributed by atoms with Crippen molar-refractivity contribution in [1.82, 2.24) is 9.71 Å². The fourth-order valence-electron chi connectivity index (χ4n) is 2.39. The van der Waals surface area contributed by atoms with Crippen molar-refractivity contribution in [1.29, 1.82) is 0 Å². The van der Waals surface area contributed by atoms with Gasteiger partial charge in [0.1, 0.15) is 0 Å². The molecule has 1 saturated carbocycles. The summed E-state index contributed by atoms with van der Waals surface area (Å²) in [6.45, 7) is 0. The Bertz CT molecular complexity index is 626. The molecule has 2 N–H and O–H groups in total. The van der Waals surface area contributed by atoms with E-state index in [-0.39, 0.29) is 30.6 Å². The highest BCUT2D eigenvalue weighted by Gasteiger charge is 2.41. The van der Waals surface area contributed by atoms with Crippen LogP contribution in [0.25, 0.3) is 0 Å². The number of sulfonamides is 1. The van der Waals surface area contributed by atoms with Crippen molar-refractivity contribution in [3.8, 4) is 0 Å². The molecule has 0 bridgehead atoms. The van der Waals surface area contributed by atoms with Gasteiger partial charge in [-0.1, -0.05) is 0 Å². The molecular formula is C12H15F3N2O3S. The highest BCUT2D eigenvalue weighted by Crippen LogP contribution is 2.37. The Hall–Kier alpha value is -1.35. The van der Waals surface area contributed by atoms with Gasteiger partial charge in [-0.15, -0.1) is 0 Å². The van der Waals surface area contributed by atoms with E-state index in [4.69, 9.17) is 0 Å². The Labute approximate surface area is 119 Å². The number of alkyl halides is 3. The van der Waals surface area contributed by atoms with Crippen molar-refractivity contribution in [3.05, 3.63) is 28.7 Å². The first-order valence-electron chi connectivity index (χ1n) is 6.46. The summed E-state index contributed by atoms with van der Waals surface area (Å²) in [5.74, 6) is -1.36. The Morgan fingerprint density at radius 2 is 1.76 bits per heavy atom. The molecule has 1 aromatic heterocycles. The largest absolute Gasteiger partial charge is 0.391 e. The Kier molecular flexibility index (Phi) is 4.43. The molecule has 0 unspecified atom stereocenters. The molecule has 5 nitrogen and oxygen atoms in total. The Morgan fingerprint density at radius 3 is 2.24 bits per heavy atom. The topological polar surface area (TPSA) is 79.0 Å².